The molecule has 0 aromatic heterocycles. The summed E-state index contributed by atoms with van der Waals surface area (Å²) in [6.45, 7) is 0.243. The number of aliphatic carboxylic acids is 1. The number of piperidine rings is 1. The molecule has 0 spiro atoms. The average molecular weight is 302 g/mol. The highest BCUT2D eigenvalue weighted by Gasteiger charge is 2.40. The van der Waals surface area contributed by atoms with Crippen molar-refractivity contribution >= 4 is 23.5 Å². The van der Waals surface area contributed by atoms with Gasteiger partial charge in [0, 0.05) is 31.5 Å². The molecule has 2 rings (SSSR count). The second-order valence-corrected chi connectivity index (χ2v) is 5.17. The fourth-order valence-electron chi connectivity index (χ4n) is 2.11. The molecule has 7 heteroatoms. The summed E-state index contributed by atoms with van der Waals surface area (Å²) in [7, 11) is 0. The maximum absolute atomic E-state index is 13.0. The van der Waals surface area contributed by atoms with Gasteiger partial charge >= 0.3 is 5.97 Å². The van der Waals surface area contributed by atoms with Crippen molar-refractivity contribution in [1.29, 1.82) is 0 Å². The minimum Gasteiger partial charge on any atom is -0.479 e. The zero-order valence-corrected chi connectivity index (χ0v) is 11.2. The van der Waals surface area contributed by atoms with Crippen molar-refractivity contribution in [3.05, 3.63) is 34.6 Å². The number of rotatable bonds is 2. The lowest BCUT2D eigenvalue weighted by molar-refractivity contribution is -0.162. The van der Waals surface area contributed by atoms with Gasteiger partial charge in [-0.15, -0.1) is 0 Å². The highest BCUT2D eigenvalue weighted by atomic mass is 35.5. The molecular formula is C13H13ClFNO4. The van der Waals surface area contributed by atoms with E-state index in [1.54, 1.807) is 0 Å². The Morgan fingerprint density at radius 2 is 1.90 bits per heavy atom. The summed E-state index contributed by atoms with van der Waals surface area (Å²) < 4.78 is 13.0. The van der Waals surface area contributed by atoms with Crippen LogP contribution in [0.3, 0.4) is 0 Å². The molecule has 1 fully saturated rings. The summed E-state index contributed by atoms with van der Waals surface area (Å²) in [6, 6.07) is 3.66. The maximum atomic E-state index is 13.0. The molecule has 20 heavy (non-hydrogen) atoms. The highest BCUT2D eigenvalue weighted by Crippen LogP contribution is 2.24. The Labute approximate surface area is 119 Å². The molecule has 5 nitrogen and oxygen atoms in total. The van der Waals surface area contributed by atoms with Crippen LogP contribution in [0.25, 0.3) is 0 Å². The van der Waals surface area contributed by atoms with E-state index >= 15 is 0 Å². The van der Waals surface area contributed by atoms with Gasteiger partial charge in [-0.25, -0.2) is 9.18 Å². The smallest absolute Gasteiger partial charge is 0.335 e. The summed E-state index contributed by atoms with van der Waals surface area (Å²) in [5, 5.41) is 18.5. The average Bonchev–Trinajstić information content (AvgIpc) is 2.42. The minimum atomic E-state index is -1.78. The molecular weight excluding hydrogens is 289 g/mol. The number of nitrogens with zero attached hydrogens (tertiary/aromatic N) is 1. The normalized spacial score (nSPS) is 17.9. The number of carboxylic acids is 1. The Balaban J connectivity index is 2.08. The lowest BCUT2D eigenvalue weighted by Crippen LogP contribution is -2.50. The van der Waals surface area contributed by atoms with E-state index in [-0.39, 0.29) is 42.4 Å². The quantitative estimate of drug-likeness (QED) is 0.868. The molecule has 2 N–H and O–H groups in total. The molecule has 0 bridgehead atoms. The first-order chi connectivity index (χ1) is 9.33. The Bertz CT molecular complexity index is 555. The van der Waals surface area contributed by atoms with Crippen LogP contribution in [0.15, 0.2) is 18.2 Å². The molecule has 0 aliphatic carbocycles. The van der Waals surface area contributed by atoms with Gasteiger partial charge in [0.2, 0.25) is 0 Å². The highest BCUT2D eigenvalue weighted by molar-refractivity contribution is 6.31. The number of likely N-dealkylation sites (tertiary alicyclic amines) is 1. The molecule has 1 aromatic carbocycles. The predicted molar refractivity (Wildman–Crippen MR) is 69.1 cm³/mol. The third-order valence-electron chi connectivity index (χ3n) is 3.44. The van der Waals surface area contributed by atoms with Gasteiger partial charge in [-0.3, -0.25) is 4.79 Å². The lowest BCUT2D eigenvalue weighted by atomic mass is 9.91. The van der Waals surface area contributed by atoms with Crippen LogP contribution in [0.2, 0.25) is 5.02 Å². The number of hydrogen-bond acceptors (Lipinski definition) is 3. The maximum Gasteiger partial charge on any atom is 0.335 e. The second-order valence-electron chi connectivity index (χ2n) is 4.76. The van der Waals surface area contributed by atoms with Crippen LogP contribution in [0.1, 0.15) is 23.2 Å². The number of carbonyl (C=O) groups is 2. The Kier molecular flexibility index (Phi) is 3.96. The molecule has 0 unspecified atom stereocenters. The Hall–Kier alpha value is -1.66. The van der Waals surface area contributed by atoms with E-state index in [0.29, 0.717) is 0 Å². The van der Waals surface area contributed by atoms with Crippen LogP contribution in [-0.2, 0) is 4.79 Å². The fraction of sp³-hybridized carbons (Fsp3) is 0.385. The summed E-state index contributed by atoms with van der Waals surface area (Å²) in [6.07, 6.45) is -0.0774. The molecule has 0 radical (unpaired) electrons. The third kappa shape index (κ3) is 2.76. The molecule has 1 heterocycles. The SMILES string of the molecule is O=C(c1ccc(F)c(Cl)c1)N1CCC(O)(C(=O)O)CC1. The summed E-state index contributed by atoms with van der Waals surface area (Å²) >= 11 is 5.62. The van der Waals surface area contributed by atoms with Crippen LogP contribution >= 0.6 is 11.6 Å². The van der Waals surface area contributed by atoms with E-state index < -0.39 is 17.4 Å². The van der Waals surface area contributed by atoms with Gasteiger partial charge in [-0.2, -0.15) is 0 Å². The van der Waals surface area contributed by atoms with Crippen molar-refractivity contribution in [2.45, 2.75) is 18.4 Å². The van der Waals surface area contributed by atoms with Crippen molar-refractivity contribution in [2.24, 2.45) is 0 Å². The van der Waals surface area contributed by atoms with Gasteiger partial charge in [0.05, 0.1) is 5.02 Å². The van der Waals surface area contributed by atoms with Crippen LogP contribution in [0, 0.1) is 5.82 Å². The van der Waals surface area contributed by atoms with Crippen LogP contribution in [0.5, 0.6) is 0 Å². The third-order valence-corrected chi connectivity index (χ3v) is 3.73. The number of benzene rings is 1. The first-order valence-electron chi connectivity index (χ1n) is 6.03. The second kappa shape index (κ2) is 5.38. The van der Waals surface area contributed by atoms with E-state index in [4.69, 9.17) is 16.7 Å². The number of hydrogen-bond donors (Lipinski definition) is 2. The van der Waals surface area contributed by atoms with Crippen LogP contribution in [-0.4, -0.2) is 45.7 Å². The molecule has 1 amide bonds. The van der Waals surface area contributed by atoms with Gasteiger partial charge in [0.15, 0.2) is 5.60 Å². The van der Waals surface area contributed by atoms with Crippen molar-refractivity contribution in [3.63, 3.8) is 0 Å². The Morgan fingerprint density at radius 3 is 2.40 bits per heavy atom. The predicted octanol–water partition coefficient (Wildman–Crippen LogP) is 1.53. The van der Waals surface area contributed by atoms with E-state index in [1.165, 1.54) is 17.0 Å². The lowest BCUT2D eigenvalue weighted by Gasteiger charge is -2.35. The van der Waals surface area contributed by atoms with Crippen molar-refractivity contribution in [2.75, 3.05) is 13.1 Å². The van der Waals surface area contributed by atoms with Gasteiger partial charge in [-0.1, -0.05) is 11.6 Å². The van der Waals surface area contributed by atoms with Crippen molar-refractivity contribution in [3.8, 4) is 0 Å². The van der Waals surface area contributed by atoms with Gasteiger partial charge in [-0.05, 0) is 18.2 Å². The molecule has 1 saturated heterocycles. The number of amides is 1. The number of carboxylic acid groups (broad SMARTS) is 1. The number of carbonyl (C=O) groups excluding carboxylic acids is 1. The van der Waals surface area contributed by atoms with Gasteiger partial charge < -0.3 is 15.1 Å². The van der Waals surface area contributed by atoms with Crippen LogP contribution in [0.4, 0.5) is 4.39 Å². The monoisotopic (exact) mass is 301 g/mol. The fourth-order valence-corrected chi connectivity index (χ4v) is 2.29. The van der Waals surface area contributed by atoms with Gasteiger partial charge in [0.1, 0.15) is 5.82 Å². The van der Waals surface area contributed by atoms with Gasteiger partial charge in [0.25, 0.3) is 5.91 Å². The molecule has 1 aliphatic heterocycles. The molecule has 0 saturated carbocycles. The van der Waals surface area contributed by atoms with E-state index in [2.05, 4.69) is 0 Å². The van der Waals surface area contributed by atoms with Crippen molar-refractivity contribution in [1.82, 2.24) is 4.90 Å². The summed E-state index contributed by atoms with van der Waals surface area (Å²) in [4.78, 5) is 24.5. The van der Waals surface area contributed by atoms with E-state index in [0.717, 1.165) is 6.07 Å². The Morgan fingerprint density at radius 1 is 1.30 bits per heavy atom. The molecule has 1 aliphatic rings. The molecule has 1 aromatic rings. The first-order valence-corrected chi connectivity index (χ1v) is 6.41. The zero-order chi connectivity index (χ0) is 14.9. The van der Waals surface area contributed by atoms with Crippen molar-refractivity contribution < 1.29 is 24.2 Å². The minimum absolute atomic E-state index is 0.0387. The number of halogens is 2. The largest absolute Gasteiger partial charge is 0.479 e. The van der Waals surface area contributed by atoms with Crippen LogP contribution < -0.4 is 0 Å². The topological polar surface area (TPSA) is 77.8 Å². The summed E-state index contributed by atoms with van der Waals surface area (Å²) in [5.74, 6) is -2.25. The molecule has 0 atom stereocenters. The first kappa shape index (κ1) is 14.7. The van der Waals surface area contributed by atoms with E-state index in [1.807, 2.05) is 0 Å². The molecule has 108 valence electrons. The standard InChI is InChI=1S/C13H13ClFNO4/c14-9-7-8(1-2-10(9)15)11(17)16-5-3-13(20,4-6-16)12(18)19/h1-2,7,20H,3-6H2,(H,18,19). The zero-order valence-electron chi connectivity index (χ0n) is 10.5. The summed E-state index contributed by atoms with van der Waals surface area (Å²) in [5.41, 5.74) is -1.55. The van der Waals surface area contributed by atoms with E-state index in [9.17, 15) is 19.1 Å². The number of aliphatic hydroxyl groups is 1.